The summed E-state index contributed by atoms with van der Waals surface area (Å²) in [7, 11) is 0. The van der Waals surface area contributed by atoms with Crippen molar-refractivity contribution in [1.29, 1.82) is 0 Å². The SMILES string of the molecule is CCCc1c(N)nnn1-c1ccc(C)c(Cl)c1. The van der Waals surface area contributed by atoms with Crippen molar-refractivity contribution in [3.05, 3.63) is 34.5 Å². The summed E-state index contributed by atoms with van der Waals surface area (Å²) in [5, 5.41) is 8.69. The predicted octanol–water partition coefficient (Wildman–Crippen LogP) is 2.76. The molecule has 1 heterocycles. The molecule has 2 N–H and O–H groups in total. The molecule has 2 aromatic rings. The highest BCUT2D eigenvalue weighted by Crippen LogP contribution is 2.21. The average Bonchev–Trinajstić information content (AvgIpc) is 2.66. The highest BCUT2D eigenvalue weighted by Gasteiger charge is 2.11. The van der Waals surface area contributed by atoms with Crippen LogP contribution in [0.5, 0.6) is 0 Å². The third kappa shape index (κ3) is 2.26. The molecule has 0 unspecified atom stereocenters. The molecule has 0 aliphatic rings. The van der Waals surface area contributed by atoms with Crippen molar-refractivity contribution in [2.75, 3.05) is 5.73 Å². The van der Waals surface area contributed by atoms with Crippen LogP contribution in [0, 0.1) is 6.92 Å². The zero-order chi connectivity index (χ0) is 12.4. The van der Waals surface area contributed by atoms with E-state index in [1.165, 1.54) is 0 Å². The van der Waals surface area contributed by atoms with Gasteiger partial charge in [0.1, 0.15) is 0 Å². The number of aromatic nitrogens is 3. The Morgan fingerprint density at radius 2 is 2.18 bits per heavy atom. The van der Waals surface area contributed by atoms with E-state index < -0.39 is 0 Å². The quantitative estimate of drug-likeness (QED) is 0.911. The van der Waals surface area contributed by atoms with E-state index in [9.17, 15) is 0 Å². The van der Waals surface area contributed by atoms with Gasteiger partial charge in [-0.1, -0.05) is 36.2 Å². The minimum atomic E-state index is 0.489. The summed E-state index contributed by atoms with van der Waals surface area (Å²) in [6, 6.07) is 5.81. The van der Waals surface area contributed by atoms with Crippen LogP contribution in [0.1, 0.15) is 24.6 Å². The van der Waals surface area contributed by atoms with Crippen LogP contribution in [0.2, 0.25) is 5.02 Å². The first-order valence-corrected chi connectivity index (χ1v) is 5.98. The van der Waals surface area contributed by atoms with Gasteiger partial charge in [-0.25, -0.2) is 4.68 Å². The topological polar surface area (TPSA) is 56.7 Å². The number of anilines is 1. The number of benzene rings is 1. The monoisotopic (exact) mass is 250 g/mol. The number of hydrogen-bond donors (Lipinski definition) is 1. The zero-order valence-electron chi connectivity index (χ0n) is 9.94. The molecule has 0 saturated heterocycles. The molecular formula is C12H15ClN4. The maximum absolute atomic E-state index is 6.11. The van der Waals surface area contributed by atoms with E-state index in [-0.39, 0.29) is 0 Å². The minimum absolute atomic E-state index is 0.489. The lowest BCUT2D eigenvalue weighted by Crippen LogP contribution is -2.03. The van der Waals surface area contributed by atoms with Crippen LogP contribution >= 0.6 is 11.6 Å². The van der Waals surface area contributed by atoms with Gasteiger partial charge in [-0.05, 0) is 31.0 Å². The molecule has 1 aromatic carbocycles. The summed E-state index contributed by atoms with van der Waals surface area (Å²) in [5.41, 5.74) is 8.68. The smallest absolute Gasteiger partial charge is 0.169 e. The number of nitrogens with zero attached hydrogens (tertiary/aromatic N) is 3. The van der Waals surface area contributed by atoms with E-state index in [1.807, 2.05) is 25.1 Å². The Morgan fingerprint density at radius 1 is 1.41 bits per heavy atom. The van der Waals surface area contributed by atoms with Gasteiger partial charge in [0, 0.05) is 5.02 Å². The molecule has 0 spiro atoms. The van der Waals surface area contributed by atoms with Crippen LogP contribution < -0.4 is 5.73 Å². The molecule has 5 heteroatoms. The predicted molar refractivity (Wildman–Crippen MR) is 69.5 cm³/mol. The molecular weight excluding hydrogens is 236 g/mol. The van der Waals surface area contributed by atoms with Gasteiger partial charge in [-0.15, -0.1) is 5.10 Å². The third-order valence-corrected chi connectivity index (χ3v) is 3.09. The van der Waals surface area contributed by atoms with Gasteiger partial charge in [-0.2, -0.15) is 0 Å². The van der Waals surface area contributed by atoms with E-state index in [0.29, 0.717) is 5.82 Å². The van der Waals surface area contributed by atoms with Crippen molar-refractivity contribution in [3.63, 3.8) is 0 Å². The van der Waals surface area contributed by atoms with E-state index in [2.05, 4.69) is 17.2 Å². The van der Waals surface area contributed by atoms with E-state index in [0.717, 1.165) is 34.8 Å². The highest BCUT2D eigenvalue weighted by molar-refractivity contribution is 6.31. The van der Waals surface area contributed by atoms with Gasteiger partial charge in [-0.3, -0.25) is 0 Å². The molecule has 2 rings (SSSR count). The van der Waals surface area contributed by atoms with E-state index >= 15 is 0 Å². The highest BCUT2D eigenvalue weighted by atomic mass is 35.5. The first kappa shape index (κ1) is 11.9. The van der Waals surface area contributed by atoms with Crippen molar-refractivity contribution in [3.8, 4) is 5.69 Å². The van der Waals surface area contributed by atoms with Crippen LogP contribution in [0.4, 0.5) is 5.82 Å². The number of rotatable bonds is 3. The van der Waals surface area contributed by atoms with E-state index in [4.69, 9.17) is 17.3 Å². The second kappa shape index (κ2) is 4.75. The molecule has 0 fully saturated rings. The fourth-order valence-electron chi connectivity index (χ4n) is 1.70. The lowest BCUT2D eigenvalue weighted by atomic mass is 10.2. The van der Waals surface area contributed by atoms with Gasteiger partial charge in [0.15, 0.2) is 5.82 Å². The number of halogens is 1. The number of nitrogens with two attached hydrogens (primary N) is 1. The van der Waals surface area contributed by atoms with Crippen LogP contribution in [-0.2, 0) is 6.42 Å². The van der Waals surface area contributed by atoms with Crippen LogP contribution in [0.15, 0.2) is 18.2 Å². The summed E-state index contributed by atoms with van der Waals surface area (Å²) >= 11 is 6.11. The zero-order valence-corrected chi connectivity index (χ0v) is 10.7. The van der Waals surface area contributed by atoms with Gasteiger partial charge in [0.25, 0.3) is 0 Å². The maximum Gasteiger partial charge on any atom is 0.169 e. The molecule has 0 radical (unpaired) electrons. The Balaban J connectivity index is 2.48. The Labute approximate surface area is 105 Å². The number of nitrogen functional groups attached to an aromatic ring is 1. The van der Waals surface area contributed by atoms with Gasteiger partial charge in [0.2, 0.25) is 0 Å². The largest absolute Gasteiger partial charge is 0.381 e. The molecule has 1 aromatic heterocycles. The lowest BCUT2D eigenvalue weighted by Gasteiger charge is -2.07. The van der Waals surface area contributed by atoms with E-state index in [1.54, 1.807) is 4.68 Å². The molecule has 0 bridgehead atoms. The molecule has 0 aliphatic heterocycles. The fraction of sp³-hybridized carbons (Fsp3) is 0.333. The van der Waals surface area contributed by atoms with Crippen LogP contribution in [0.25, 0.3) is 5.69 Å². The maximum atomic E-state index is 6.11. The van der Waals surface area contributed by atoms with Crippen LogP contribution in [-0.4, -0.2) is 15.0 Å². The minimum Gasteiger partial charge on any atom is -0.381 e. The molecule has 0 amide bonds. The molecule has 0 aliphatic carbocycles. The number of hydrogen-bond acceptors (Lipinski definition) is 3. The number of aryl methyl sites for hydroxylation is 1. The Morgan fingerprint density at radius 3 is 2.82 bits per heavy atom. The summed E-state index contributed by atoms with van der Waals surface area (Å²) in [6.07, 6.45) is 1.85. The lowest BCUT2D eigenvalue weighted by molar-refractivity contribution is 0.745. The second-order valence-electron chi connectivity index (χ2n) is 4.02. The fourth-order valence-corrected chi connectivity index (χ4v) is 1.88. The van der Waals surface area contributed by atoms with Crippen molar-refractivity contribution in [1.82, 2.24) is 15.0 Å². The van der Waals surface area contributed by atoms with Gasteiger partial charge < -0.3 is 5.73 Å². The molecule has 17 heavy (non-hydrogen) atoms. The Hall–Kier alpha value is -1.55. The van der Waals surface area contributed by atoms with Crippen LogP contribution in [0.3, 0.4) is 0 Å². The summed E-state index contributed by atoms with van der Waals surface area (Å²) in [5.74, 6) is 0.489. The van der Waals surface area contributed by atoms with Gasteiger partial charge >= 0.3 is 0 Å². The summed E-state index contributed by atoms with van der Waals surface area (Å²) in [6.45, 7) is 4.06. The van der Waals surface area contributed by atoms with Crippen molar-refractivity contribution in [2.45, 2.75) is 26.7 Å². The molecule has 4 nitrogen and oxygen atoms in total. The van der Waals surface area contributed by atoms with Crippen molar-refractivity contribution in [2.24, 2.45) is 0 Å². The third-order valence-electron chi connectivity index (χ3n) is 2.68. The Kier molecular flexibility index (Phi) is 3.33. The second-order valence-corrected chi connectivity index (χ2v) is 4.42. The van der Waals surface area contributed by atoms with Crippen molar-refractivity contribution >= 4 is 17.4 Å². The molecule has 0 atom stereocenters. The first-order valence-electron chi connectivity index (χ1n) is 5.60. The van der Waals surface area contributed by atoms with Crippen molar-refractivity contribution < 1.29 is 0 Å². The van der Waals surface area contributed by atoms with Gasteiger partial charge in [0.05, 0.1) is 11.4 Å². The first-order chi connectivity index (χ1) is 8.13. The molecule has 90 valence electrons. The standard InChI is InChI=1S/C12H15ClN4/c1-3-4-11-12(14)15-16-17(11)9-6-5-8(2)10(13)7-9/h5-7H,3-4,14H2,1-2H3. The summed E-state index contributed by atoms with van der Waals surface area (Å²) in [4.78, 5) is 0. The Bertz CT molecular complexity index is 533. The molecule has 0 saturated carbocycles. The average molecular weight is 251 g/mol. The normalized spacial score (nSPS) is 10.8. The summed E-state index contributed by atoms with van der Waals surface area (Å²) < 4.78 is 1.75.